The van der Waals surface area contributed by atoms with Crippen molar-refractivity contribution in [2.75, 3.05) is 11.4 Å². The van der Waals surface area contributed by atoms with Gasteiger partial charge in [-0.3, -0.25) is 14.5 Å². The first kappa shape index (κ1) is 18.3. The summed E-state index contributed by atoms with van der Waals surface area (Å²) in [4.78, 5) is 30.7. The van der Waals surface area contributed by atoms with Crippen LogP contribution in [0, 0.1) is 11.8 Å². The van der Waals surface area contributed by atoms with E-state index in [1.54, 1.807) is 24.3 Å². The first-order valence-corrected chi connectivity index (χ1v) is 10.9. The molecular formula is C22H20BrClN2O2. The number of carbonyl (C=O) groups excluding carboxylic acids is 2. The molecule has 0 unspecified atom stereocenters. The summed E-state index contributed by atoms with van der Waals surface area (Å²) in [6.07, 6.45) is 3.20. The van der Waals surface area contributed by atoms with Crippen molar-refractivity contribution in [3.63, 3.8) is 0 Å². The van der Waals surface area contributed by atoms with Crippen LogP contribution in [-0.2, 0) is 9.59 Å². The van der Waals surface area contributed by atoms with Crippen molar-refractivity contribution in [2.45, 2.75) is 31.3 Å². The predicted octanol–water partition coefficient (Wildman–Crippen LogP) is 4.82. The second-order valence-electron chi connectivity index (χ2n) is 7.84. The van der Waals surface area contributed by atoms with Crippen LogP contribution in [0.1, 0.15) is 30.9 Å². The van der Waals surface area contributed by atoms with Crippen LogP contribution in [0.2, 0.25) is 5.02 Å². The molecule has 6 heteroatoms. The number of piperidine rings is 1. The summed E-state index contributed by atoms with van der Waals surface area (Å²) >= 11 is 9.49. The van der Waals surface area contributed by atoms with Gasteiger partial charge in [-0.1, -0.05) is 46.1 Å². The van der Waals surface area contributed by atoms with Crippen LogP contribution >= 0.6 is 27.5 Å². The lowest BCUT2D eigenvalue weighted by Gasteiger charge is -2.36. The molecule has 0 saturated carbocycles. The van der Waals surface area contributed by atoms with E-state index in [1.165, 1.54) is 4.90 Å². The maximum Gasteiger partial charge on any atom is 0.239 e. The van der Waals surface area contributed by atoms with Crippen LogP contribution in [0.15, 0.2) is 53.0 Å². The van der Waals surface area contributed by atoms with E-state index >= 15 is 0 Å². The van der Waals surface area contributed by atoms with Crippen molar-refractivity contribution in [3.8, 4) is 0 Å². The Morgan fingerprint density at radius 2 is 1.57 bits per heavy atom. The Bertz CT molecular complexity index is 931. The Hall–Kier alpha value is -1.69. The third kappa shape index (κ3) is 2.75. The van der Waals surface area contributed by atoms with Crippen molar-refractivity contribution < 1.29 is 9.59 Å². The Balaban J connectivity index is 1.58. The van der Waals surface area contributed by atoms with E-state index in [0.29, 0.717) is 10.7 Å². The number of rotatable bonds is 2. The molecule has 2 amide bonds. The monoisotopic (exact) mass is 458 g/mol. The number of halogens is 2. The van der Waals surface area contributed by atoms with Gasteiger partial charge >= 0.3 is 0 Å². The van der Waals surface area contributed by atoms with E-state index in [-0.39, 0.29) is 35.7 Å². The number of nitrogens with zero attached hydrogens (tertiary/aromatic N) is 2. The maximum absolute atomic E-state index is 13.5. The summed E-state index contributed by atoms with van der Waals surface area (Å²) in [5.41, 5.74) is 1.73. The molecule has 4 nitrogen and oxygen atoms in total. The largest absolute Gasteiger partial charge is 0.292 e. The maximum atomic E-state index is 13.5. The van der Waals surface area contributed by atoms with Crippen LogP contribution in [0.25, 0.3) is 0 Å². The number of imide groups is 1. The van der Waals surface area contributed by atoms with Gasteiger partial charge < -0.3 is 0 Å². The highest BCUT2D eigenvalue weighted by Gasteiger charge is 2.62. The van der Waals surface area contributed by atoms with Crippen LogP contribution < -0.4 is 4.90 Å². The summed E-state index contributed by atoms with van der Waals surface area (Å²) in [6.45, 7) is 0.944. The minimum atomic E-state index is -0.326. The number of benzene rings is 2. The van der Waals surface area contributed by atoms with Gasteiger partial charge in [-0.25, -0.2) is 4.90 Å². The number of fused-ring (bicyclic) bond motifs is 3. The summed E-state index contributed by atoms with van der Waals surface area (Å²) in [7, 11) is 0. The fraction of sp³-hybridized carbons (Fsp3) is 0.364. The quantitative estimate of drug-likeness (QED) is 0.605. The Morgan fingerprint density at radius 3 is 2.29 bits per heavy atom. The van der Waals surface area contributed by atoms with E-state index in [2.05, 4.69) is 33.0 Å². The molecule has 3 aliphatic rings. The van der Waals surface area contributed by atoms with E-state index in [0.717, 1.165) is 35.8 Å². The summed E-state index contributed by atoms with van der Waals surface area (Å²) in [5, 5.41) is 0.592. The SMILES string of the molecule is O=C1[C@@H]2[C@H](C(=O)N1c1ccc(Cl)cc1)[C@H]1CCCCN1[C@@H]2c1ccc(Br)cc1. The topological polar surface area (TPSA) is 40.6 Å². The molecule has 5 rings (SSSR count). The number of hydrogen-bond acceptors (Lipinski definition) is 3. The minimum Gasteiger partial charge on any atom is -0.292 e. The zero-order valence-corrected chi connectivity index (χ0v) is 17.6. The molecule has 28 heavy (non-hydrogen) atoms. The van der Waals surface area contributed by atoms with Crippen LogP contribution in [0.4, 0.5) is 5.69 Å². The van der Waals surface area contributed by atoms with Crippen molar-refractivity contribution in [3.05, 3.63) is 63.6 Å². The number of carbonyl (C=O) groups is 2. The highest BCUT2D eigenvalue weighted by atomic mass is 79.9. The van der Waals surface area contributed by atoms with E-state index < -0.39 is 0 Å². The molecule has 0 spiro atoms. The molecule has 0 N–H and O–H groups in total. The van der Waals surface area contributed by atoms with Gasteiger partial charge in [0.2, 0.25) is 11.8 Å². The van der Waals surface area contributed by atoms with Gasteiger partial charge in [-0.2, -0.15) is 0 Å². The molecule has 4 atom stereocenters. The predicted molar refractivity (Wildman–Crippen MR) is 112 cm³/mol. The van der Waals surface area contributed by atoms with Gasteiger partial charge in [-0.15, -0.1) is 0 Å². The van der Waals surface area contributed by atoms with Gasteiger partial charge in [0.05, 0.1) is 17.5 Å². The molecule has 144 valence electrons. The van der Waals surface area contributed by atoms with Crippen molar-refractivity contribution in [1.29, 1.82) is 0 Å². The van der Waals surface area contributed by atoms with Crippen LogP contribution in [0.5, 0.6) is 0 Å². The summed E-state index contributed by atoms with van der Waals surface area (Å²) in [6, 6.07) is 15.2. The fourth-order valence-corrected chi connectivity index (χ4v) is 5.66. The lowest BCUT2D eigenvalue weighted by atomic mass is 9.85. The molecule has 0 aliphatic carbocycles. The number of hydrogen-bond donors (Lipinski definition) is 0. The minimum absolute atomic E-state index is 0.0443. The molecule has 0 radical (unpaired) electrons. The molecule has 0 aromatic heterocycles. The van der Waals surface area contributed by atoms with E-state index in [4.69, 9.17) is 11.6 Å². The average molecular weight is 460 g/mol. The van der Waals surface area contributed by atoms with Crippen LogP contribution in [-0.4, -0.2) is 29.3 Å². The molecule has 3 aliphatic heterocycles. The average Bonchev–Trinajstić information content (AvgIpc) is 3.17. The van der Waals surface area contributed by atoms with Crippen molar-refractivity contribution >= 4 is 45.0 Å². The Kier molecular flexibility index (Phi) is 4.57. The van der Waals surface area contributed by atoms with Gasteiger partial charge in [0, 0.05) is 21.6 Å². The van der Waals surface area contributed by atoms with Crippen LogP contribution in [0.3, 0.4) is 0 Å². The Labute approximate surface area is 177 Å². The normalized spacial score (nSPS) is 29.9. The molecular weight excluding hydrogens is 440 g/mol. The lowest BCUT2D eigenvalue weighted by Crippen LogP contribution is -2.44. The smallest absolute Gasteiger partial charge is 0.239 e. The second kappa shape index (κ2) is 6.97. The summed E-state index contributed by atoms with van der Waals surface area (Å²) < 4.78 is 1.01. The summed E-state index contributed by atoms with van der Waals surface area (Å²) in [5.74, 6) is -0.738. The molecule has 2 aromatic carbocycles. The molecule has 3 heterocycles. The zero-order valence-electron chi connectivity index (χ0n) is 15.2. The van der Waals surface area contributed by atoms with Gasteiger partial charge in [-0.05, 0) is 61.3 Å². The number of anilines is 1. The first-order chi connectivity index (χ1) is 13.6. The Morgan fingerprint density at radius 1 is 0.893 bits per heavy atom. The molecule has 3 saturated heterocycles. The van der Waals surface area contributed by atoms with Gasteiger partial charge in [0.15, 0.2) is 0 Å². The molecule has 2 aromatic rings. The van der Waals surface area contributed by atoms with E-state index in [1.807, 2.05) is 12.1 Å². The molecule has 3 fully saturated rings. The number of amides is 2. The third-order valence-electron chi connectivity index (χ3n) is 6.40. The highest BCUT2D eigenvalue weighted by Crippen LogP contribution is 2.53. The van der Waals surface area contributed by atoms with Gasteiger partial charge in [0.25, 0.3) is 0 Å². The fourth-order valence-electron chi connectivity index (χ4n) is 5.27. The standard InChI is InChI=1S/C22H20BrClN2O2/c23-14-6-4-13(5-7-14)20-19-18(17-3-1-2-12-25(17)20)21(27)26(22(19)28)16-10-8-15(24)9-11-16/h4-11,17-20H,1-3,12H2/t17-,18-,19-,20-/m1/s1. The molecule has 0 bridgehead atoms. The zero-order chi connectivity index (χ0) is 19.4. The van der Waals surface area contributed by atoms with Crippen molar-refractivity contribution in [2.24, 2.45) is 11.8 Å². The lowest BCUT2D eigenvalue weighted by molar-refractivity contribution is -0.124. The van der Waals surface area contributed by atoms with E-state index in [9.17, 15) is 9.59 Å². The third-order valence-corrected chi connectivity index (χ3v) is 7.18. The second-order valence-corrected chi connectivity index (χ2v) is 9.19. The van der Waals surface area contributed by atoms with Crippen molar-refractivity contribution in [1.82, 2.24) is 4.90 Å². The van der Waals surface area contributed by atoms with Gasteiger partial charge in [0.1, 0.15) is 0 Å². The first-order valence-electron chi connectivity index (χ1n) is 9.71. The highest BCUT2D eigenvalue weighted by molar-refractivity contribution is 9.10.